The number of alkyl halides is 1. The molecule has 0 aliphatic heterocycles. The van der Waals surface area contributed by atoms with Crippen molar-refractivity contribution in [3.63, 3.8) is 0 Å². The van der Waals surface area contributed by atoms with E-state index in [4.69, 9.17) is 4.74 Å². The molecule has 1 rings (SSSR count). The maximum absolute atomic E-state index is 12.2. The Morgan fingerprint density at radius 3 is 2.94 bits per heavy atom. The van der Waals surface area contributed by atoms with Gasteiger partial charge in [0.25, 0.3) is 5.91 Å². The summed E-state index contributed by atoms with van der Waals surface area (Å²) in [6.45, 7) is 3.22. The minimum absolute atomic E-state index is 0.0194. The lowest BCUT2D eigenvalue weighted by molar-refractivity contribution is 0.0787. The number of aromatic nitrogens is 2. The summed E-state index contributed by atoms with van der Waals surface area (Å²) in [5, 5.41) is 4.01. The molecule has 0 bridgehead atoms. The van der Waals surface area contributed by atoms with E-state index in [1.54, 1.807) is 19.1 Å². The summed E-state index contributed by atoms with van der Waals surface area (Å²) >= 11 is 4.64. The fourth-order valence-corrected chi connectivity index (χ4v) is 2.96. The molecule has 0 saturated carbocycles. The molecule has 0 aliphatic rings. The van der Waals surface area contributed by atoms with E-state index in [0.717, 1.165) is 18.5 Å². The predicted octanol–water partition coefficient (Wildman–Crippen LogP) is 1.97. The van der Waals surface area contributed by atoms with Crippen molar-refractivity contribution in [2.45, 2.75) is 24.6 Å². The molecule has 0 fully saturated rings. The minimum Gasteiger partial charge on any atom is -0.383 e. The highest BCUT2D eigenvalue weighted by Gasteiger charge is 2.21. The Kier molecular flexibility index (Phi) is 6.73. The van der Waals surface area contributed by atoms with Gasteiger partial charge in [0.2, 0.25) is 0 Å². The maximum Gasteiger partial charge on any atom is 0.267 e. The summed E-state index contributed by atoms with van der Waals surface area (Å²) < 4.78 is 8.90. The second-order valence-corrected chi connectivity index (χ2v) is 6.09. The van der Waals surface area contributed by atoms with Gasteiger partial charge in [0.1, 0.15) is 4.88 Å². The number of hydrogen-bond acceptors (Lipinski definition) is 5. The van der Waals surface area contributed by atoms with Crippen molar-refractivity contribution in [2.24, 2.45) is 0 Å². The normalized spacial score (nSPS) is 12.4. The van der Waals surface area contributed by atoms with Crippen LogP contribution < -0.4 is 0 Å². The lowest BCUT2D eigenvalue weighted by Crippen LogP contribution is -2.33. The van der Waals surface area contributed by atoms with E-state index in [2.05, 4.69) is 32.4 Å². The molecule has 1 unspecified atom stereocenters. The molecule has 0 spiro atoms. The Bertz CT molecular complexity index is 386. The average Bonchev–Trinajstić information content (AvgIpc) is 2.77. The fraction of sp³-hybridized carbons (Fsp3) is 0.727. The standard InChI is InChI=1S/C11H18BrN3O2S/c1-4-5-9-10(18-14-13-9)11(16)15(2)6-8(12)7-17-3/h8H,4-7H2,1-3H3. The van der Waals surface area contributed by atoms with Gasteiger partial charge >= 0.3 is 0 Å². The highest BCUT2D eigenvalue weighted by molar-refractivity contribution is 9.09. The van der Waals surface area contributed by atoms with Crippen LogP contribution >= 0.6 is 27.5 Å². The van der Waals surface area contributed by atoms with Crippen molar-refractivity contribution < 1.29 is 9.53 Å². The molecule has 1 amide bonds. The number of halogens is 1. The van der Waals surface area contributed by atoms with Crippen LogP contribution in [0.4, 0.5) is 0 Å². The Balaban J connectivity index is 2.65. The van der Waals surface area contributed by atoms with Gasteiger partial charge in [-0.15, -0.1) is 5.10 Å². The molecular formula is C11H18BrN3O2S. The van der Waals surface area contributed by atoms with Crippen molar-refractivity contribution in [1.29, 1.82) is 0 Å². The fourth-order valence-electron chi connectivity index (χ4n) is 1.56. The van der Waals surface area contributed by atoms with Gasteiger partial charge in [0, 0.05) is 20.7 Å². The maximum atomic E-state index is 12.2. The van der Waals surface area contributed by atoms with Gasteiger partial charge in [0.05, 0.1) is 17.1 Å². The second kappa shape index (κ2) is 7.81. The van der Waals surface area contributed by atoms with Crippen molar-refractivity contribution in [2.75, 3.05) is 27.3 Å². The third kappa shape index (κ3) is 4.29. The van der Waals surface area contributed by atoms with Crippen LogP contribution in [0.2, 0.25) is 0 Å². The van der Waals surface area contributed by atoms with Gasteiger partial charge in [-0.1, -0.05) is 33.8 Å². The molecule has 0 radical (unpaired) electrons. The first-order valence-electron chi connectivity index (χ1n) is 5.79. The van der Waals surface area contributed by atoms with E-state index in [9.17, 15) is 4.79 Å². The molecule has 0 saturated heterocycles. The highest BCUT2D eigenvalue weighted by atomic mass is 79.9. The summed E-state index contributed by atoms with van der Waals surface area (Å²) in [5.74, 6) is -0.0194. The number of methoxy groups -OCH3 is 1. The van der Waals surface area contributed by atoms with E-state index < -0.39 is 0 Å². The molecule has 1 atom stereocenters. The lowest BCUT2D eigenvalue weighted by atomic mass is 10.2. The van der Waals surface area contributed by atoms with Crippen LogP contribution in [0.1, 0.15) is 28.7 Å². The van der Waals surface area contributed by atoms with Crippen molar-refractivity contribution in [1.82, 2.24) is 14.5 Å². The van der Waals surface area contributed by atoms with Crippen LogP contribution in [0, 0.1) is 0 Å². The summed E-state index contributed by atoms with van der Waals surface area (Å²) in [4.78, 5) is 14.7. The van der Waals surface area contributed by atoms with Crippen LogP contribution in [0.5, 0.6) is 0 Å². The van der Waals surface area contributed by atoms with Crippen LogP contribution in [-0.4, -0.2) is 52.5 Å². The van der Waals surface area contributed by atoms with Crippen LogP contribution in [0.25, 0.3) is 0 Å². The topological polar surface area (TPSA) is 55.3 Å². The number of hydrogen-bond donors (Lipinski definition) is 0. The first-order valence-corrected chi connectivity index (χ1v) is 7.48. The highest BCUT2D eigenvalue weighted by Crippen LogP contribution is 2.15. The quantitative estimate of drug-likeness (QED) is 0.715. The molecule has 102 valence electrons. The van der Waals surface area contributed by atoms with Crippen molar-refractivity contribution in [3.8, 4) is 0 Å². The summed E-state index contributed by atoms with van der Waals surface area (Å²) in [6, 6.07) is 0. The van der Waals surface area contributed by atoms with Crippen LogP contribution in [-0.2, 0) is 11.2 Å². The van der Waals surface area contributed by atoms with Gasteiger partial charge in [-0.05, 0) is 18.0 Å². The predicted molar refractivity (Wildman–Crippen MR) is 75.5 cm³/mol. The van der Waals surface area contributed by atoms with E-state index >= 15 is 0 Å². The Morgan fingerprint density at radius 1 is 1.61 bits per heavy atom. The number of carbonyl (C=O) groups is 1. The first-order chi connectivity index (χ1) is 8.60. The van der Waals surface area contributed by atoms with Gasteiger partial charge < -0.3 is 9.64 Å². The zero-order valence-corrected chi connectivity index (χ0v) is 13.3. The molecule has 5 nitrogen and oxygen atoms in total. The Morgan fingerprint density at radius 2 is 2.33 bits per heavy atom. The third-order valence-electron chi connectivity index (χ3n) is 2.40. The summed E-state index contributed by atoms with van der Waals surface area (Å²) in [5.41, 5.74) is 0.803. The number of carbonyl (C=O) groups excluding carboxylic acids is 1. The number of aryl methyl sites for hydroxylation is 1. The third-order valence-corrected chi connectivity index (χ3v) is 3.71. The van der Waals surface area contributed by atoms with Gasteiger partial charge in [-0.2, -0.15) is 0 Å². The Labute approximate surface area is 120 Å². The average molecular weight is 336 g/mol. The zero-order valence-electron chi connectivity index (χ0n) is 10.9. The Hall–Kier alpha value is -0.530. The number of rotatable bonds is 7. The van der Waals surface area contributed by atoms with E-state index in [-0.39, 0.29) is 10.7 Å². The zero-order chi connectivity index (χ0) is 13.5. The summed E-state index contributed by atoms with van der Waals surface area (Å²) in [7, 11) is 3.42. The number of amides is 1. The molecule has 0 aromatic carbocycles. The second-order valence-electron chi connectivity index (χ2n) is 4.04. The molecular weight excluding hydrogens is 318 g/mol. The summed E-state index contributed by atoms with van der Waals surface area (Å²) in [6.07, 6.45) is 1.75. The molecule has 1 aromatic rings. The lowest BCUT2D eigenvalue weighted by Gasteiger charge is -2.19. The first kappa shape index (κ1) is 15.5. The largest absolute Gasteiger partial charge is 0.383 e. The minimum atomic E-state index is -0.0194. The van der Waals surface area contributed by atoms with E-state index in [1.165, 1.54) is 11.5 Å². The molecule has 1 heterocycles. The molecule has 1 aromatic heterocycles. The van der Waals surface area contributed by atoms with E-state index in [1.807, 2.05) is 0 Å². The van der Waals surface area contributed by atoms with Crippen LogP contribution in [0.15, 0.2) is 0 Å². The smallest absolute Gasteiger partial charge is 0.267 e. The number of ether oxygens (including phenoxy) is 1. The molecule has 0 aliphatic carbocycles. The van der Waals surface area contributed by atoms with Gasteiger partial charge in [-0.25, -0.2) is 0 Å². The van der Waals surface area contributed by atoms with E-state index in [0.29, 0.717) is 18.0 Å². The van der Waals surface area contributed by atoms with Gasteiger partial charge in [0.15, 0.2) is 0 Å². The monoisotopic (exact) mass is 335 g/mol. The van der Waals surface area contributed by atoms with Crippen molar-refractivity contribution >= 4 is 33.4 Å². The van der Waals surface area contributed by atoms with Gasteiger partial charge in [-0.3, -0.25) is 4.79 Å². The number of nitrogens with zero attached hydrogens (tertiary/aromatic N) is 3. The molecule has 18 heavy (non-hydrogen) atoms. The van der Waals surface area contributed by atoms with Crippen molar-refractivity contribution in [3.05, 3.63) is 10.6 Å². The molecule has 7 heteroatoms. The SMILES string of the molecule is CCCc1nnsc1C(=O)N(C)CC(Br)COC. The molecule has 0 N–H and O–H groups in total. The van der Waals surface area contributed by atoms with Crippen LogP contribution in [0.3, 0.4) is 0 Å².